The lowest BCUT2D eigenvalue weighted by molar-refractivity contribution is 0.330. The number of methoxy groups -OCH3 is 1. The van der Waals surface area contributed by atoms with E-state index in [1.165, 1.54) is 7.11 Å². The number of fused-ring (bicyclic) bond motifs is 1. The van der Waals surface area contributed by atoms with Crippen LogP contribution in [-0.2, 0) is 11.2 Å². The Hall–Kier alpha value is -3.38. The zero-order valence-electron chi connectivity index (χ0n) is 16.6. The van der Waals surface area contributed by atoms with Crippen LogP contribution in [0.15, 0.2) is 45.3 Å². The van der Waals surface area contributed by atoms with Crippen molar-refractivity contribution in [3.05, 3.63) is 51.9 Å². The highest BCUT2D eigenvalue weighted by molar-refractivity contribution is 9.10. The molecule has 2 aromatic heterocycles. The Morgan fingerprint density at radius 3 is 2.77 bits per heavy atom. The Bertz CT molecular complexity index is 1280. The van der Waals surface area contributed by atoms with Crippen LogP contribution in [0.1, 0.15) is 25.4 Å². The van der Waals surface area contributed by atoms with Gasteiger partial charge in [-0.25, -0.2) is 19.9 Å². The molecule has 0 fully saturated rings. The molecule has 1 N–H and O–H groups in total. The van der Waals surface area contributed by atoms with E-state index < -0.39 is 0 Å². The number of hydrogen-bond donors (Lipinski definition) is 1. The molecule has 4 rings (SSSR count). The lowest BCUT2D eigenvalue weighted by Crippen LogP contribution is -2.07. The van der Waals surface area contributed by atoms with Gasteiger partial charge in [0.2, 0.25) is 5.90 Å². The maximum atomic E-state index is 10.7. The van der Waals surface area contributed by atoms with E-state index in [0.717, 1.165) is 5.69 Å². The second-order valence-electron chi connectivity index (χ2n) is 6.21. The topological polar surface area (TPSA) is 94.7 Å². The molecule has 8 nitrogen and oxygen atoms in total. The highest BCUT2D eigenvalue weighted by Crippen LogP contribution is 2.36. The molecular weight excluding hydrogens is 450 g/mol. The summed E-state index contributed by atoms with van der Waals surface area (Å²) in [7, 11) is 1.53. The lowest BCUT2D eigenvalue weighted by Gasteiger charge is -2.14. The van der Waals surface area contributed by atoms with Crippen LogP contribution in [0.3, 0.4) is 0 Å². The summed E-state index contributed by atoms with van der Waals surface area (Å²) < 4.78 is 13.3. The minimum atomic E-state index is -0.00247. The molecule has 0 atom stereocenters. The average molecular weight is 468 g/mol. The third-order valence-corrected chi connectivity index (χ3v) is 5.02. The Labute approximate surface area is 181 Å². The van der Waals surface area contributed by atoms with Gasteiger partial charge in [0.1, 0.15) is 21.8 Å². The van der Waals surface area contributed by atoms with Crippen LogP contribution in [0.25, 0.3) is 22.7 Å². The second kappa shape index (κ2) is 8.16. The van der Waals surface area contributed by atoms with E-state index in [1.807, 2.05) is 13.8 Å². The second-order valence-corrected chi connectivity index (χ2v) is 6.96. The van der Waals surface area contributed by atoms with Gasteiger partial charge in [0.25, 0.3) is 0 Å². The fourth-order valence-corrected chi connectivity index (χ4v) is 3.60. The summed E-state index contributed by atoms with van der Waals surface area (Å²) in [5, 5.41) is 10.7. The minimum absolute atomic E-state index is 0.00247. The van der Waals surface area contributed by atoms with Crippen LogP contribution in [0.5, 0.6) is 11.5 Å². The largest absolute Gasteiger partial charge is 0.506 e. The van der Waals surface area contributed by atoms with E-state index in [4.69, 9.17) is 9.47 Å². The predicted octanol–water partition coefficient (Wildman–Crippen LogP) is 3.95. The van der Waals surface area contributed by atoms with Crippen molar-refractivity contribution in [3.8, 4) is 17.2 Å². The molecule has 0 unspecified atom stereocenters. The minimum Gasteiger partial charge on any atom is -0.506 e. The Morgan fingerprint density at radius 1 is 1.20 bits per heavy atom. The van der Waals surface area contributed by atoms with Gasteiger partial charge in [0, 0.05) is 0 Å². The molecule has 152 valence electrons. The molecule has 3 heterocycles. The summed E-state index contributed by atoms with van der Waals surface area (Å²) in [5.41, 5.74) is 8.24. The van der Waals surface area contributed by atoms with E-state index in [0.29, 0.717) is 57.8 Å². The Kier molecular flexibility index (Phi) is 5.42. The van der Waals surface area contributed by atoms with E-state index in [-0.39, 0.29) is 5.75 Å². The number of imidazole rings is 1. The first-order valence-corrected chi connectivity index (χ1v) is 10.1. The quantitative estimate of drug-likeness (QED) is 0.570. The summed E-state index contributed by atoms with van der Waals surface area (Å²) in [6.07, 6.45) is 2.28. The third-order valence-electron chi connectivity index (χ3n) is 4.39. The molecular formula is C21H18BrN5O3. The predicted molar refractivity (Wildman–Crippen MR) is 116 cm³/mol. The highest BCUT2D eigenvalue weighted by atomic mass is 79.9. The lowest BCUT2D eigenvalue weighted by atomic mass is 10.2. The van der Waals surface area contributed by atoms with Crippen molar-refractivity contribution in [3.63, 3.8) is 0 Å². The van der Waals surface area contributed by atoms with Crippen LogP contribution in [-0.4, -0.2) is 44.2 Å². The fourth-order valence-electron chi connectivity index (χ4n) is 3.07. The number of phenols is 1. The summed E-state index contributed by atoms with van der Waals surface area (Å²) >= 11 is 3.48. The molecule has 0 radical (unpaired) electrons. The van der Waals surface area contributed by atoms with Crippen LogP contribution < -0.4 is 4.74 Å². The number of benzene rings is 1. The number of ether oxygens (including phenoxy) is 2. The molecule has 0 spiro atoms. The number of hydrogen-bond acceptors (Lipinski definition) is 7. The third kappa shape index (κ3) is 3.39. The molecule has 3 aromatic rings. The van der Waals surface area contributed by atoms with Gasteiger partial charge >= 0.3 is 0 Å². The molecule has 0 saturated carbocycles. The summed E-state index contributed by atoms with van der Waals surface area (Å²) in [5.74, 6) is 1.21. The number of para-hydroxylation sites is 1. The van der Waals surface area contributed by atoms with Crippen LogP contribution in [0.4, 0.5) is 0 Å². The Morgan fingerprint density at radius 2 is 2.03 bits per heavy atom. The maximum Gasteiger partial charge on any atom is 0.223 e. The van der Waals surface area contributed by atoms with Crippen molar-refractivity contribution in [2.45, 2.75) is 20.3 Å². The zero-order chi connectivity index (χ0) is 21.3. The molecule has 0 bridgehead atoms. The van der Waals surface area contributed by atoms with Crippen molar-refractivity contribution in [2.75, 3.05) is 13.7 Å². The van der Waals surface area contributed by atoms with Gasteiger partial charge in [-0.05, 0) is 47.1 Å². The first kappa shape index (κ1) is 19.9. The van der Waals surface area contributed by atoms with Crippen LogP contribution >= 0.6 is 15.9 Å². The first-order chi connectivity index (χ1) is 14.6. The summed E-state index contributed by atoms with van der Waals surface area (Å²) in [6.45, 7) is 4.32. The maximum absolute atomic E-state index is 10.7. The summed E-state index contributed by atoms with van der Waals surface area (Å²) in [6, 6.07) is 5.00. The summed E-state index contributed by atoms with van der Waals surface area (Å²) in [4.78, 5) is 18.4. The van der Waals surface area contributed by atoms with Crippen LogP contribution in [0.2, 0.25) is 0 Å². The molecule has 0 aliphatic carbocycles. The smallest absolute Gasteiger partial charge is 0.223 e. The monoisotopic (exact) mass is 467 g/mol. The average Bonchev–Trinajstić information content (AvgIpc) is 3.11. The van der Waals surface area contributed by atoms with Gasteiger partial charge in [-0.2, -0.15) is 0 Å². The molecule has 0 amide bonds. The van der Waals surface area contributed by atoms with Crippen molar-refractivity contribution < 1.29 is 14.6 Å². The molecule has 30 heavy (non-hydrogen) atoms. The molecule has 1 aromatic carbocycles. The molecule has 0 saturated heterocycles. The van der Waals surface area contributed by atoms with Crippen molar-refractivity contribution in [2.24, 2.45) is 4.99 Å². The number of aryl methyl sites for hydroxylation is 1. The standard InChI is InChI=1S/C21H18BrN5O3/c1-4-12-18(22)25-21-19(24-12)26-20(13-8-6-11-16(23-13)30-5-2)27(21)17-14(28)9-7-10-15(17)29-3/h7,9-11,28H,4-5H2,1-3H3. The van der Waals surface area contributed by atoms with E-state index in [9.17, 15) is 5.11 Å². The number of aromatic hydroxyl groups is 1. The molecule has 1 aliphatic heterocycles. The number of aromatic nitrogens is 4. The number of halogens is 1. The van der Waals surface area contributed by atoms with Gasteiger partial charge in [-0.3, -0.25) is 4.57 Å². The molecule has 1 aliphatic rings. The van der Waals surface area contributed by atoms with Crippen molar-refractivity contribution in [1.29, 1.82) is 0 Å². The van der Waals surface area contributed by atoms with E-state index >= 15 is 0 Å². The van der Waals surface area contributed by atoms with E-state index in [1.54, 1.807) is 28.8 Å². The first-order valence-electron chi connectivity index (χ1n) is 9.32. The molecule has 9 heteroatoms. The van der Waals surface area contributed by atoms with Gasteiger partial charge < -0.3 is 14.6 Å². The van der Waals surface area contributed by atoms with Gasteiger partial charge in [-0.1, -0.05) is 18.7 Å². The van der Waals surface area contributed by atoms with Gasteiger partial charge in [0.15, 0.2) is 22.8 Å². The van der Waals surface area contributed by atoms with Crippen LogP contribution in [0, 0.1) is 0 Å². The highest BCUT2D eigenvalue weighted by Gasteiger charge is 2.25. The fraction of sp³-hybridized carbons (Fsp3) is 0.238. The number of aliphatic imine (C=N–C) groups is 1. The Balaban J connectivity index is 2.08. The van der Waals surface area contributed by atoms with E-state index in [2.05, 4.69) is 47.3 Å². The number of rotatable bonds is 5. The number of nitrogens with zero attached hydrogens (tertiary/aromatic N) is 5. The van der Waals surface area contributed by atoms with Crippen molar-refractivity contribution >= 4 is 38.8 Å². The normalized spacial score (nSPS) is 12.8. The van der Waals surface area contributed by atoms with Gasteiger partial charge in [-0.15, -0.1) is 0 Å². The number of phenolic OH excluding ortho intramolecular Hbond substituents is 1. The van der Waals surface area contributed by atoms with Crippen molar-refractivity contribution in [1.82, 2.24) is 19.5 Å². The SMILES string of the molecule is CCOC1=NC(c2nc3nc(CC)c(Br)nc3n2-c2c(O)cccc2OC)=C=C=C1. The zero-order valence-corrected chi connectivity index (χ0v) is 18.2. The van der Waals surface area contributed by atoms with Gasteiger partial charge in [0.05, 0.1) is 25.5 Å².